The monoisotopic (exact) mass is 450 g/mol. The van der Waals surface area contributed by atoms with Crippen LogP contribution in [-0.2, 0) is 5.41 Å². The van der Waals surface area contributed by atoms with Crippen LogP contribution >= 0.6 is 0 Å². The van der Waals surface area contributed by atoms with Gasteiger partial charge in [-0.25, -0.2) is 4.98 Å². The minimum Gasteiger partial charge on any atom is -0.443 e. The van der Waals surface area contributed by atoms with Crippen LogP contribution < -0.4 is 0 Å². The molecule has 0 saturated carbocycles. The third-order valence-electron chi connectivity index (χ3n) is 7.92. The first-order valence-corrected chi connectivity index (χ1v) is 12.1. The van der Waals surface area contributed by atoms with Crippen molar-refractivity contribution in [1.29, 1.82) is 0 Å². The van der Waals surface area contributed by atoms with E-state index in [4.69, 9.17) is 4.42 Å². The average molecular weight is 451 g/mol. The molecule has 1 aliphatic carbocycles. The summed E-state index contributed by atoms with van der Waals surface area (Å²) in [6.45, 7) is 4.68. The van der Waals surface area contributed by atoms with Crippen molar-refractivity contribution in [3.8, 4) is 16.8 Å². The van der Waals surface area contributed by atoms with Crippen LogP contribution in [-0.4, -0.2) is 9.55 Å². The molecule has 8 rings (SSSR count). The van der Waals surface area contributed by atoms with E-state index in [0.717, 1.165) is 16.8 Å². The highest BCUT2D eigenvalue weighted by atomic mass is 16.3. The third-order valence-corrected chi connectivity index (χ3v) is 7.92. The topological polar surface area (TPSA) is 31.0 Å². The van der Waals surface area contributed by atoms with Crippen LogP contribution in [0.5, 0.6) is 0 Å². The Bertz CT molecular complexity index is 1990. The van der Waals surface area contributed by atoms with Gasteiger partial charge in [-0.1, -0.05) is 68.4 Å². The van der Waals surface area contributed by atoms with Gasteiger partial charge >= 0.3 is 0 Å². The van der Waals surface area contributed by atoms with E-state index in [1.807, 2.05) is 6.07 Å². The molecule has 0 bridgehead atoms. The molecule has 3 heteroatoms. The molecule has 0 saturated heterocycles. The lowest BCUT2D eigenvalue weighted by atomic mass is 9.82. The maximum atomic E-state index is 5.52. The molecule has 166 valence electrons. The fourth-order valence-electron chi connectivity index (χ4n) is 6.23. The third kappa shape index (κ3) is 2.37. The van der Waals surface area contributed by atoms with Crippen molar-refractivity contribution in [2.75, 3.05) is 0 Å². The van der Waals surface area contributed by atoms with Crippen molar-refractivity contribution >= 4 is 43.7 Å². The zero-order chi connectivity index (χ0) is 23.3. The van der Waals surface area contributed by atoms with Gasteiger partial charge in [0.2, 0.25) is 0 Å². The van der Waals surface area contributed by atoms with Crippen molar-refractivity contribution in [3.63, 3.8) is 0 Å². The SMILES string of the molecule is CC1(C)c2ccccc2-c2cc3c(ccc4c5ccccc5n(-c5ccc6ocnc6c5)c34)cc21. The van der Waals surface area contributed by atoms with E-state index in [1.165, 1.54) is 61.2 Å². The predicted octanol–water partition coefficient (Wildman–Crippen LogP) is 8.38. The molecule has 0 amide bonds. The zero-order valence-electron chi connectivity index (χ0n) is 19.5. The van der Waals surface area contributed by atoms with Gasteiger partial charge in [0.25, 0.3) is 0 Å². The number of nitrogens with zero attached hydrogens (tertiary/aromatic N) is 2. The molecule has 3 nitrogen and oxygen atoms in total. The van der Waals surface area contributed by atoms with Crippen molar-refractivity contribution in [2.45, 2.75) is 19.3 Å². The highest BCUT2D eigenvalue weighted by Gasteiger charge is 2.35. The van der Waals surface area contributed by atoms with E-state index in [2.05, 4.69) is 108 Å². The zero-order valence-corrected chi connectivity index (χ0v) is 19.5. The maximum absolute atomic E-state index is 5.52. The summed E-state index contributed by atoms with van der Waals surface area (Å²) in [6.07, 6.45) is 1.51. The van der Waals surface area contributed by atoms with E-state index in [0.29, 0.717) is 0 Å². The number of oxazole rings is 1. The lowest BCUT2D eigenvalue weighted by molar-refractivity contribution is 0.602. The lowest BCUT2D eigenvalue weighted by Crippen LogP contribution is -2.14. The van der Waals surface area contributed by atoms with E-state index in [9.17, 15) is 0 Å². The molecule has 0 radical (unpaired) electrons. The second-order valence-corrected chi connectivity index (χ2v) is 10.1. The van der Waals surface area contributed by atoms with Crippen molar-refractivity contribution in [1.82, 2.24) is 9.55 Å². The minimum absolute atomic E-state index is 0.0141. The van der Waals surface area contributed by atoms with Gasteiger partial charge in [-0.05, 0) is 64.0 Å². The smallest absolute Gasteiger partial charge is 0.181 e. The fraction of sp³-hybridized carbons (Fsp3) is 0.0938. The molecule has 7 aromatic rings. The number of hydrogen-bond donors (Lipinski definition) is 0. The second-order valence-electron chi connectivity index (χ2n) is 10.1. The molecule has 0 aliphatic heterocycles. The molecule has 2 heterocycles. The van der Waals surface area contributed by atoms with Gasteiger partial charge in [0.15, 0.2) is 12.0 Å². The van der Waals surface area contributed by atoms with Gasteiger partial charge in [-0.15, -0.1) is 0 Å². The van der Waals surface area contributed by atoms with Crippen LogP contribution in [0.4, 0.5) is 0 Å². The summed E-state index contributed by atoms with van der Waals surface area (Å²) in [5.41, 5.74) is 10.7. The van der Waals surface area contributed by atoms with Crippen molar-refractivity contribution in [2.24, 2.45) is 0 Å². The molecule has 5 aromatic carbocycles. The molecule has 0 fully saturated rings. The molecule has 0 N–H and O–H groups in total. The summed E-state index contributed by atoms with van der Waals surface area (Å²) in [5, 5.41) is 5.05. The summed E-state index contributed by atoms with van der Waals surface area (Å²) < 4.78 is 7.91. The average Bonchev–Trinajstić information content (AvgIpc) is 3.55. The lowest BCUT2D eigenvalue weighted by Gasteiger charge is -2.21. The van der Waals surface area contributed by atoms with Crippen LogP contribution in [0.1, 0.15) is 25.0 Å². The number of benzene rings is 5. The van der Waals surface area contributed by atoms with Gasteiger partial charge in [-0.3, -0.25) is 0 Å². The summed E-state index contributed by atoms with van der Waals surface area (Å²) in [4.78, 5) is 4.42. The van der Waals surface area contributed by atoms with Crippen molar-refractivity contribution < 1.29 is 4.42 Å². The van der Waals surface area contributed by atoms with Crippen LogP contribution in [0, 0.1) is 0 Å². The molecule has 0 atom stereocenters. The van der Waals surface area contributed by atoms with E-state index in [1.54, 1.807) is 0 Å². The Kier molecular flexibility index (Phi) is 3.47. The molecule has 0 spiro atoms. The van der Waals surface area contributed by atoms with Crippen molar-refractivity contribution in [3.05, 3.63) is 109 Å². The summed E-state index contributed by atoms with van der Waals surface area (Å²) in [5.74, 6) is 0. The Labute approximate surface area is 202 Å². The Morgan fingerprint density at radius 2 is 1.57 bits per heavy atom. The van der Waals surface area contributed by atoms with Gasteiger partial charge in [0.05, 0.1) is 11.0 Å². The Morgan fingerprint density at radius 3 is 2.51 bits per heavy atom. The molecule has 35 heavy (non-hydrogen) atoms. The maximum Gasteiger partial charge on any atom is 0.181 e. The minimum atomic E-state index is -0.0141. The molecular formula is C32H22N2O. The van der Waals surface area contributed by atoms with Gasteiger partial charge in [0, 0.05) is 27.3 Å². The summed E-state index contributed by atoms with van der Waals surface area (Å²) in [6, 6.07) is 33.2. The summed E-state index contributed by atoms with van der Waals surface area (Å²) >= 11 is 0. The Morgan fingerprint density at radius 1 is 0.714 bits per heavy atom. The number of aromatic nitrogens is 2. The fourth-order valence-corrected chi connectivity index (χ4v) is 6.23. The van der Waals surface area contributed by atoms with Gasteiger partial charge < -0.3 is 8.98 Å². The first-order valence-electron chi connectivity index (χ1n) is 12.1. The molecule has 0 unspecified atom stereocenters. The normalized spacial score (nSPS) is 14.2. The Hall–Kier alpha value is -4.37. The standard InChI is InChI=1S/C32H22N2O/c1-32(2)26-9-5-3-7-21(26)25-17-24-19(15-27(25)32)11-13-23-22-8-4-6-10-29(22)34(31(23)24)20-12-14-30-28(16-20)33-18-35-30/h3-18H,1-2H3. The highest BCUT2D eigenvalue weighted by Crippen LogP contribution is 2.50. The van der Waals surface area contributed by atoms with E-state index < -0.39 is 0 Å². The number of para-hydroxylation sites is 1. The summed E-state index contributed by atoms with van der Waals surface area (Å²) in [7, 11) is 0. The van der Waals surface area contributed by atoms with Gasteiger partial charge in [0.1, 0.15) is 5.52 Å². The predicted molar refractivity (Wildman–Crippen MR) is 143 cm³/mol. The van der Waals surface area contributed by atoms with E-state index >= 15 is 0 Å². The first kappa shape index (κ1) is 19.0. The molecule has 2 aromatic heterocycles. The molecule has 1 aliphatic rings. The second kappa shape index (κ2) is 6.39. The van der Waals surface area contributed by atoms with Crippen LogP contribution in [0.25, 0.3) is 60.5 Å². The largest absolute Gasteiger partial charge is 0.443 e. The van der Waals surface area contributed by atoms with Crippen LogP contribution in [0.15, 0.2) is 102 Å². The quantitative estimate of drug-likeness (QED) is 0.251. The Balaban J connectivity index is 1.55. The van der Waals surface area contributed by atoms with Crippen LogP contribution in [0.3, 0.4) is 0 Å². The number of hydrogen-bond acceptors (Lipinski definition) is 2. The first-order chi connectivity index (χ1) is 17.1. The highest BCUT2D eigenvalue weighted by molar-refractivity contribution is 6.19. The number of rotatable bonds is 1. The molecular weight excluding hydrogens is 428 g/mol. The van der Waals surface area contributed by atoms with Gasteiger partial charge in [-0.2, -0.15) is 0 Å². The number of fused-ring (bicyclic) bond motifs is 9. The van der Waals surface area contributed by atoms with E-state index in [-0.39, 0.29) is 5.41 Å². The van der Waals surface area contributed by atoms with Crippen LogP contribution in [0.2, 0.25) is 0 Å².